The first-order valence-electron chi connectivity index (χ1n) is 6.73. The quantitative estimate of drug-likeness (QED) is 0.148. The summed E-state index contributed by atoms with van der Waals surface area (Å²) in [5.41, 5.74) is 0. The van der Waals surface area contributed by atoms with Crippen LogP contribution in [-0.4, -0.2) is 103 Å². The molecule has 0 aliphatic rings. The van der Waals surface area contributed by atoms with Gasteiger partial charge in [0.05, 0.1) is 35.8 Å². The second-order valence-corrected chi connectivity index (χ2v) is 4.58. The van der Waals surface area contributed by atoms with Crippen molar-refractivity contribution in [3.8, 4) is 0 Å². The van der Waals surface area contributed by atoms with Gasteiger partial charge in [-0.15, -0.1) is 0 Å². The Bertz CT molecular complexity index is 504. The fourth-order valence-corrected chi connectivity index (χ4v) is 0.773. The predicted molar refractivity (Wildman–Crippen MR) is 66.1 cm³/mol. The molecule has 0 aromatic carbocycles. The first-order valence-corrected chi connectivity index (χ1v) is 6.73. The molecule has 0 saturated carbocycles. The van der Waals surface area contributed by atoms with Crippen LogP contribution >= 0.6 is 0 Å². The molecule has 0 radical (unpaired) electrons. The minimum absolute atomic E-state index is 0. The molecule has 0 saturated heterocycles. The van der Waals surface area contributed by atoms with Crippen LogP contribution in [0.5, 0.6) is 0 Å². The number of aliphatic carboxylic acids is 6. The third kappa shape index (κ3) is 21.6. The number of carbonyl (C=O) groups is 6. The van der Waals surface area contributed by atoms with E-state index in [0.717, 1.165) is 0 Å². The molecule has 6 N–H and O–H groups in total. The number of aliphatic hydroxyl groups is 6. The van der Waals surface area contributed by atoms with Gasteiger partial charge >= 0.3 is 80.8 Å². The molecule has 0 rings (SSSR count). The molecular formula is C12H12Na2O18Ti. The fourth-order valence-electron chi connectivity index (χ4n) is 0.773. The molecule has 0 aromatic rings. The van der Waals surface area contributed by atoms with Crippen molar-refractivity contribution >= 4 is 35.8 Å². The van der Waals surface area contributed by atoms with E-state index in [1.807, 2.05) is 0 Å². The average Bonchev–Trinajstić information content (AvgIpc) is 2.64. The van der Waals surface area contributed by atoms with Gasteiger partial charge in [0.2, 0.25) is 0 Å². The first-order chi connectivity index (χ1) is 13.4. The van der Waals surface area contributed by atoms with Gasteiger partial charge in [-0.2, -0.15) is 0 Å². The van der Waals surface area contributed by atoms with Crippen LogP contribution in [-0.2, 0) is 50.5 Å². The standard InChI is InChI=1S/3C4H6O6.2Na.Ti/c3*5-1(3(7)8)2(6)4(9)10;;;/h3*1-2,5-6H,(H,7,8)(H,9,10);;;/q;;;2*+1;+4/p-6. The summed E-state index contributed by atoms with van der Waals surface area (Å²) >= 11 is 0. The Morgan fingerprint density at radius 2 is 0.424 bits per heavy atom. The minimum atomic E-state index is -2.44. The van der Waals surface area contributed by atoms with Gasteiger partial charge < -0.3 is 90.0 Å². The van der Waals surface area contributed by atoms with Gasteiger partial charge in [0.25, 0.3) is 0 Å². The summed E-state index contributed by atoms with van der Waals surface area (Å²) in [5, 5.41) is 107. The Morgan fingerprint density at radius 3 is 0.455 bits per heavy atom. The Kier molecular flexibility index (Phi) is 32.0. The van der Waals surface area contributed by atoms with Crippen LogP contribution in [0.3, 0.4) is 0 Å². The van der Waals surface area contributed by atoms with E-state index in [0.29, 0.717) is 0 Å². The molecule has 174 valence electrons. The number of hydrogen-bond donors (Lipinski definition) is 6. The third-order valence-corrected chi connectivity index (χ3v) is 2.35. The van der Waals surface area contributed by atoms with E-state index in [9.17, 15) is 59.4 Å². The monoisotopic (exact) mass is 538 g/mol. The molecule has 0 aliphatic carbocycles. The molecule has 0 aromatic heterocycles. The predicted octanol–water partition coefficient (Wildman–Crippen LogP) is -20.4. The van der Waals surface area contributed by atoms with E-state index >= 15 is 0 Å². The van der Waals surface area contributed by atoms with Crippen molar-refractivity contribution in [2.45, 2.75) is 36.6 Å². The van der Waals surface area contributed by atoms with Gasteiger partial charge in [-0.25, -0.2) is 0 Å². The average molecular weight is 538 g/mol. The summed E-state index contributed by atoms with van der Waals surface area (Å²) in [5.74, 6) is -12.4. The van der Waals surface area contributed by atoms with Crippen molar-refractivity contribution in [1.29, 1.82) is 0 Å². The topological polar surface area (TPSA) is 362 Å². The van der Waals surface area contributed by atoms with Gasteiger partial charge in [0.1, 0.15) is 36.6 Å². The number of rotatable bonds is 9. The van der Waals surface area contributed by atoms with Gasteiger partial charge in [0.15, 0.2) is 0 Å². The zero-order valence-electron chi connectivity index (χ0n) is 16.5. The number of aliphatic hydroxyl groups excluding tert-OH is 6. The summed E-state index contributed by atoms with van der Waals surface area (Å²) in [6, 6.07) is 0. The number of carboxylic acids is 6. The SMILES string of the molecule is O=C([O-])C(O)C(O)C(=O)[O-].O=C([O-])C(O)C(O)C(=O)[O-].O=C([O-])C(O)C(O)C(=O)[O-].[Na+].[Na+].[Ti+4]. The summed E-state index contributed by atoms with van der Waals surface area (Å²) in [4.78, 5) is 57.8. The molecule has 0 amide bonds. The molecular weight excluding hydrogens is 526 g/mol. The molecule has 18 nitrogen and oxygen atoms in total. The summed E-state index contributed by atoms with van der Waals surface area (Å²) in [6.07, 6.45) is -14.6. The van der Waals surface area contributed by atoms with Crippen LogP contribution in [0.4, 0.5) is 0 Å². The molecule has 6 atom stereocenters. The zero-order chi connectivity index (χ0) is 24.9. The second-order valence-electron chi connectivity index (χ2n) is 4.58. The van der Waals surface area contributed by atoms with E-state index in [-0.39, 0.29) is 80.8 Å². The van der Waals surface area contributed by atoms with Gasteiger partial charge in [0, 0.05) is 0 Å². The first kappa shape index (κ1) is 45.7. The van der Waals surface area contributed by atoms with Gasteiger partial charge in [-0.1, -0.05) is 0 Å². The van der Waals surface area contributed by atoms with Crippen molar-refractivity contribution in [3.05, 3.63) is 0 Å². The number of carbonyl (C=O) groups excluding carboxylic acids is 6. The maximum absolute atomic E-state index is 9.63. The van der Waals surface area contributed by atoms with Crippen molar-refractivity contribution in [2.24, 2.45) is 0 Å². The van der Waals surface area contributed by atoms with Gasteiger partial charge in [-0.3, -0.25) is 0 Å². The van der Waals surface area contributed by atoms with Crippen LogP contribution in [0.25, 0.3) is 0 Å². The molecule has 21 heteroatoms. The van der Waals surface area contributed by atoms with Crippen molar-refractivity contribution in [3.63, 3.8) is 0 Å². The van der Waals surface area contributed by atoms with E-state index < -0.39 is 72.4 Å². The maximum Gasteiger partial charge on any atom is 4.00 e. The zero-order valence-corrected chi connectivity index (χ0v) is 22.1. The fraction of sp³-hybridized carbons (Fsp3) is 0.500. The summed E-state index contributed by atoms with van der Waals surface area (Å²) in [6.45, 7) is 0. The summed E-state index contributed by atoms with van der Waals surface area (Å²) < 4.78 is 0. The van der Waals surface area contributed by atoms with Crippen LogP contribution in [0.2, 0.25) is 0 Å². The number of hydrogen-bond acceptors (Lipinski definition) is 18. The summed E-state index contributed by atoms with van der Waals surface area (Å²) in [7, 11) is 0. The van der Waals surface area contributed by atoms with Crippen molar-refractivity contribution < 1.29 is 171 Å². The largest absolute Gasteiger partial charge is 4.00 e. The molecule has 6 unspecified atom stereocenters. The number of carboxylic acid groups (broad SMARTS) is 6. The Balaban J connectivity index is -0.0000000792. The molecule has 0 spiro atoms. The van der Waals surface area contributed by atoms with E-state index in [4.69, 9.17) is 30.6 Å². The van der Waals surface area contributed by atoms with E-state index in [2.05, 4.69) is 0 Å². The molecule has 0 fully saturated rings. The Hall–Kier alpha value is -0.706. The Morgan fingerprint density at radius 1 is 0.364 bits per heavy atom. The van der Waals surface area contributed by atoms with Crippen LogP contribution in [0, 0.1) is 0 Å². The maximum atomic E-state index is 9.63. The minimum Gasteiger partial charge on any atom is -0.547 e. The third-order valence-electron chi connectivity index (χ3n) is 2.35. The smallest absolute Gasteiger partial charge is 0.547 e. The van der Waals surface area contributed by atoms with Crippen LogP contribution in [0.15, 0.2) is 0 Å². The van der Waals surface area contributed by atoms with E-state index in [1.165, 1.54) is 0 Å². The molecule has 0 heterocycles. The normalized spacial score (nSPS) is 14.4. The van der Waals surface area contributed by atoms with Crippen molar-refractivity contribution in [1.82, 2.24) is 0 Å². The molecule has 0 aliphatic heterocycles. The van der Waals surface area contributed by atoms with Crippen LogP contribution in [0.1, 0.15) is 0 Å². The van der Waals surface area contributed by atoms with Crippen LogP contribution < -0.4 is 89.8 Å². The molecule has 0 bridgehead atoms. The van der Waals surface area contributed by atoms with E-state index in [1.54, 1.807) is 0 Å². The Labute approximate surface area is 241 Å². The second kappa shape index (κ2) is 23.1. The molecule has 33 heavy (non-hydrogen) atoms. The van der Waals surface area contributed by atoms with Gasteiger partial charge in [-0.05, 0) is 0 Å². The van der Waals surface area contributed by atoms with Crippen molar-refractivity contribution in [2.75, 3.05) is 0 Å².